The zero-order valence-corrected chi connectivity index (χ0v) is 15.8. The van der Waals surface area contributed by atoms with Crippen molar-refractivity contribution in [3.63, 3.8) is 0 Å². The van der Waals surface area contributed by atoms with Gasteiger partial charge in [0.05, 0.1) is 22.8 Å². The van der Waals surface area contributed by atoms with E-state index in [1.807, 2.05) is 0 Å². The van der Waals surface area contributed by atoms with Crippen LogP contribution in [0.3, 0.4) is 0 Å². The molecule has 0 fully saturated rings. The smallest absolute Gasteiger partial charge is 0.328 e. The van der Waals surface area contributed by atoms with Gasteiger partial charge in [0.2, 0.25) is 0 Å². The van der Waals surface area contributed by atoms with Gasteiger partial charge in [0, 0.05) is 18.3 Å². The molecule has 6 nitrogen and oxygen atoms in total. The highest BCUT2D eigenvalue weighted by Crippen LogP contribution is 2.29. The predicted octanol–water partition coefficient (Wildman–Crippen LogP) is 4.13. The molecule has 0 bridgehead atoms. The largest absolute Gasteiger partial charge is 0.465 e. The number of ether oxygens (including phenoxy) is 1. The van der Waals surface area contributed by atoms with Crippen molar-refractivity contribution >= 4 is 45.9 Å². The van der Waals surface area contributed by atoms with Gasteiger partial charge in [-0.05, 0) is 26.0 Å². The summed E-state index contributed by atoms with van der Waals surface area (Å²) < 4.78 is 32.0. The van der Waals surface area contributed by atoms with E-state index in [0.29, 0.717) is 11.7 Å². The van der Waals surface area contributed by atoms with Crippen molar-refractivity contribution in [3.05, 3.63) is 36.0 Å². The van der Waals surface area contributed by atoms with Gasteiger partial charge in [-0.25, -0.2) is 18.6 Å². The molecular formula is C16H17F2N3O3S2. The molecule has 1 aromatic carbocycles. The van der Waals surface area contributed by atoms with Crippen molar-refractivity contribution in [3.8, 4) is 0 Å². The number of thiazole rings is 1. The zero-order valence-electron chi connectivity index (χ0n) is 14.1. The number of benzene rings is 1. The number of anilines is 2. The van der Waals surface area contributed by atoms with Crippen molar-refractivity contribution in [2.24, 2.45) is 0 Å². The molecule has 2 amide bonds. The topological polar surface area (TPSA) is 71.5 Å². The maximum atomic E-state index is 13.4. The fourth-order valence-electron chi connectivity index (χ4n) is 1.97. The lowest BCUT2D eigenvalue weighted by Crippen LogP contribution is -2.34. The fourth-order valence-corrected chi connectivity index (χ4v) is 3.63. The second kappa shape index (κ2) is 9.48. The Labute approximate surface area is 157 Å². The van der Waals surface area contributed by atoms with Gasteiger partial charge in [-0.3, -0.25) is 15.0 Å². The van der Waals surface area contributed by atoms with E-state index in [9.17, 15) is 18.4 Å². The first-order valence-corrected chi connectivity index (χ1v) is 9.52. The summed E-state index contributed by atoms with van der Waals surface area (Å²) >= 11 is 2.46. The van der Waals surface area contributed by atoms with Gasteiger partial charge in [0.25, 0.3) is 0 Å². The van der Waals surface area contributed by atoms with E-state index in [1.54, 1.807) is 13.8 Å². The molecule has 0 aliphatic carbocycles. The van der Waals surface area contributed by atoms with E-state index >= 15 is 0 Å². The van der Waals surface area contributed by atoms with E-state index in [4.69, 9.17) is 4.74 Å². The Morgan fingerprint density at radius 1 is 1.31 bits per heavy atom. The van der Waals surface area contributed by atoms with Crippen LogP contribution in [0, 0.1) is 11.6 Å². The van der Waals surface area contributed by atoms with Gasteiger partial charge in [-0.2, -0.15) is 0 Å². The number of hydrogen-bond acceptors (Lipinski definition) is 6. The molecule has 0 saturated carbocycles. The third kappa shape index (κ3) is 5.40. The van der Waals surface area contributed by atoms with Gasteiger partial charge in [-0.15, -0.1) is 11.8 Å². The Bertz CT molecular complexity index is 786. The monoisotopic (exact) mass is 401 g/mol. The quantitative estimate of drug-likeness (QED) is 0.558. The number of esters is 1. The average molecular weight is 401 g/mol. The summed E-state index contributed by atoms with van der Waals surface area (Å²) in [5.41, 5.74) is 0.234. The number of rotatable bonds is 7. The summed E-state index contributed by atoms with van der Waals surface area (Å²) in [6, 6.07) is 2.73. The lowest BCUT2D eigenvalue weighted by atomic mass is 10.2. The fraction of sp³-hybridized carbons (Fsp3) is 0.312. The number of nitrogens with one attached hydrogen (secondary N) is 1. The number of carbonyl (C=O) groups is 2. The average Bonchev–Trinajstić information content (AvgIpc) is 3.04. The number of aromatic nitrogens is 1. The highest BCUT2D eigenvalue weighted by atomic mass is 32.2. The summed E-state index contributed by atoms with van der Waals surface area (Å²) in [7, 11) is 0. The van der Waals surface area contributed by atoms with Gasteiger partial charge >= 0.3 is 12.0 Å². The van der Waals surface area contributed by atoms with E-state index in [-0.39, 0.29) is 24.0 Å². The number of nitrogens with zero attached hydrogens (tertiary/aromatic N) is 2. The zero-order chi connectivity index (χ0) is 19.1. The highest BCUT2D eigenvalue weighted by Gasteiger charge is 2.17. The van der Waals surface area contributed by atoms with E-state index < -0.39 is 17.7 Å². The molecule has 2 aromatic rings. The SMILES string of the molecule is CCOC(=O)CSc1cnc(NC(=O)N(CC)c2ccc(F)c(F)c2)s1. The minimum atomic E-state index is -1.03. The lowest BCUT2D eigenvalue weighted by molar-refractivity contribution is -0.139. The molecule has 0 aliphatic rings. The maximum Gasteiger partial charge on any atom is 0.328 e. The highest BCUT2D eigenvalue weighted by molar-refractivity contribution is 8.01. The molecule has 2 rings (SSSR count). The molecule has 0 atom stereocenters. The maximum absolute atomic E-state index is 13.4. The summed E-state index contributed by atoms with van der Waals surface area (Å²) in [6.45, 7) is 4.02. The van der Waals surface area contributed by atoms with Crippen molar-refractivity contribution in [2.45, 2.75) is 18.1 Å². The van der Waals surface area contributed by atoms with Crippen molar-refractivity contribution in [1.82, 2.24) is 4.98 Å². The molecule has 26 heavy (non-hydrogen) atoms. The molecule has 0 radical (unpaired) electrons. The minimum Gasteiger partial charge on any atom is -0.465 e. The van der Waals surface area contributed by atoms with Crippen LogP contribution in [0.15, 0.2) is 28.6 Å². The third-order valence-electron chi connectivity index (χ3n) is 3.11. The molecule has 10 heteroatoms. The molecule has 0 spiro atoms. The Balaban J connectivity index is 1.99. The molecular weight excluding hydrogens is 384 g/mol. The number of urea groups is 1. The van der Waals surface area contributed by atoms with Crippen LogP contribution in [0.2, 0.25) is 0 Å². The molecule has 0 unspecified atom stereocenters. The predicted molar refractivity (Wildman–Crippen MR) is 97.9 cm³/mol. The van der Waals surface area contributed by atoms with Gasteiger partial charge in [0.15, 0.2) is 16.8 Å². The Hall–Kier alpha value is -2.20. The van der Waals surface area contributed by atoms with Crippen LogP contribution in [0.25, 0.3) is 0 Å². The molecule has 1 N–H and O–H groups in total. The standard InChI is InChI=1S/C16H17F2N3O3S2/c1-3-21(10-5-6-11(17)12(18)7-10)16(23)20-15-19-8-14(26-15)25-9-13(22)24-4-2/h5-8H,3-4,9H2,1-2H3,(H,19,20,23). The number of carbonyl (C=O) groups excluding carboxylic acids is 2. The molecule has 0 saturated heterocycles. The van der Waals surface area contributed by atoms with Crippen molar-refractivity contribution in [2.75, 3.05) is 29.1 Å². The Kier molecular flexibility index (Phi) is 7.34. The third-order valence-corrected chi connectivity index (χ3v) is 5.19. The van der Waals surface area contributed by atoms with Crippen LogP contribution in [0.5, 0.6) is 0 Å². The summed E-state index contributed by atoms with van der Waals surface area (Å²) in [5.74, 6) is -2.18. The van der Waals surface area contributed by atoms with E-state index in [1.165, 1.54) is 40.3 Å². The van der Waals surface area contributed by atoms with Gasteiger partial charge in [-0.1, -0.05) is 11.3 Å². The van der Waals surface area contributed by atoms with Crippen LogP contribution in [-0.2, 0) is 9.53 Å². The second-order valence-electron chi connectivity index (χ2n) is 4.85. The minimum absolute atomic E-state index is 0.152. The van der Waals surface area contributed by atoms with Gasteiger partial charge < -0.3 is 4.74 Å². The van der Waals surface area contributed by atoms with Crippen molar-refractivity contribution in [1.29, 1.82) is 0 Å². The summed E-state index contributed by atoms with van der Waals surface area (Å²) in [4.78, 5) is 29.1. The molecule has 1 heterocycles. The molecule has 1 aromatic heterocycles. The summed E-state index contributed by atoms with van der Waals surface area (Å²) in [5, 5.41) is 2.94. The van der Waals surface area contributed by atoms with Crippen LogP contribution < -0.4 is 10.2 Å². The Morgan fingerprint density at radius 2 is 2.08 bits per heavy atom. The van der Waals surface area contributed by atoms with Crippen LogP contribution in [0.1, 0.15) is 13.8 Å². The Morgan fingerprint density at radius 3 is 2.73 bits per heavy atom. The first-order chi connectivity index (χ1) is 12.4. The molecule has 0 aliphatic heterocycles. The molecule has 140 valence electrons. The number of halogens is 2. The van der Waals surface area contributed by atoms with E-state index in [2.05, 4.69) is 10.3 Å². The lowest BCUT2D eigenvalue weighted by Gasteiger charge is -2.20. The first-order valence-electron chi connectivity index (χ1n) is 7.72. The number of thioether (sulfide) groups is 1. The number of hydrogen-bond donors (Lipinski definition) is 1. The van der Waals surface area contributed by atoms with Crippen LogP contribution in [-0.4, -0.2) is 35.9 Å². The number of amides is 2. The summed E-state index contributed by atoms with van der Waals surface area (Å²) in [6.07, 6.45) is 1.54. The van der Waals surface area contributed by atoms with Crippen molar-refractivity contribution < 1.29 is 23.1 Å². The van der Waals surface area contributed by atoms with Crippen LogP contribution in [0.4, 0.5) is 24.4 Å². The first kappa shape index (κ1) is 20.1. The van der Waals surface area contributed by atoms with E-state index in [0.717, 1.165) is 16.3 Å². The van der Waals surface area contributed by atoms with Crippen LogP contribution >= 0.6 is 23.1 Å². The normalized spacial score (nSPS) is 10.5. The second-order valence-corrected chi connectivity index (χ2v) is 7.16. The van der Waals surface area contributed by atoms with Gasteiger partial charge in [0.1, 0.15) is 0 Å².